The minimum Gasteiger partial charge on any atom is -0.379 e. The molecule has 1 aliphatic heterocycles. The molecule has 1 fully saturated rings. The number of nitro groups is 1. The number of amides is 1. The Kier molecular flexibility index (Phi) is 5.54. The number of benzene rings is 1. The lowest BCUT2D eigenvalue weighted by Gasteiger charge is -2.23. The summed E-state index contributed by atoms with van der Waals surface area (Å²) < 4.78 is 23.0. The van der Waals surface area contributed by atoms with Crippen LogP contribution in [0.2, 0.25) is 0 Å². The van der Waals surface area contributed by atoms with E-state index in [1.165, 1.54) is 6.07 Å². The fourth-order valence-corrected chi connectivity index (χ4v) is 4.17. The standard InChI is InChI=1S/C14H19N3O5S/c18-14(16-11-4-3-9-23(21,22)10-11)7-8-15-12-5-1-2-6-13(12)17(19)20/h1-2,5-6,11,15H,3-4,7-10H2,(H,16,18)/t11-/m0/s1. The predicted molar refractivity (Wildman–Crippen MR) is 86.0 cm³/mol. The molecule has 0 aliphatic carbocycles. The third-order valence-electron chi connectivity index (χ3n) is 3.60. The number of carbonyl (C=O) groups is 1. The molecule has 1 aromatic rings. The van der Waals surface area contributed by atoms with Crippen molar-refractivity contribution in [2.45, 2.75) is 25.3 Å². The van der Waals surface area contributed by atoms with Crippen molar-refractivity contribution in [3.63, 3.8) is 0 Å². The number of para-hydroxylation sites is 2. The molecule has 9 heteroatoms. The van der Waals surface area contributed by atoms with Crippen LogP contribution in [0, 0.1) is 10.1 Å². The number of nitrogens with one attached hydrogen (secondary N) is 2. The Morgan fingerprint density at radius 1 is 1.35 bits per heavy atom. The van der Waals surface area contributed by atoms with Gasteiger partial charge in [0.05, 0.1) is 16.4 Å². The average molecular weight is 341 g/mol. The maximum Gasteiger partial charge on any atom is 0.292 e. The summed E-state index contributed by atoms with van der Waals surface area (Å²) in [5.74, 6) is -0.104. The lowest BCUT2D eigenvalue weighted by molar-refractivity contribution is -0.384. The summed E-state index contributed by atoms with van der Waals surface area (Å²) in [5.41, 5.74) is 0.303. The fourth-order valence-electron chi connectivity index (χ4n) is 2.53. The van der Waals surface area contributed by atoms with Gasteiger partial charge in [-0.15, -0.1) is 0 Å². The average Bonchev–Trinajstić information content (AvgIpc) is 2.46. The van der Waals surface area contributed by atoms with Crippen molar-refractivity contribution in [2.75, 3.05) is 23.4 Å². The maximum absolute atomic E-state index is 11.9. The van der Waals surface area contributed by atoms with Crippen molar-refractivity contribution in [2.24, 2.45) is 0 Å². The van der Waals surface area contributed by atoms with Gasteiger partial charge < -0.3 is 10.6 Å². The fraction of sp³-hybridized carbons (Fsp3) is 0.500. The number of rotatable bonds is 6. The molecule has 0 unspecified atom stereocenters. The third kappa shape index (κ3) is 5.20. The molecule has 1 heterocycles. The topological polar surface area (TPSA) is 118 Å². The smallest absolute Gasteiger partial charge is 0.292 e. The number of hydrogen-bond donors (Lipinski definition) is 2. The van der Waals surface area contributed by atoms with Crippen LogP contribution in [-0.4, -0.2) is 43.3 Å². The largest absolute Gasteiger partial charge is 0.379 e. The predicted octanol–water partition coefficient (Wildman–Crippen LogP) is 1.09. The van der Waals surface area contributed by atoms with E-state index in [0.717, 1.165) is 0 Å². The quantitative estimate of drug-likeness (QED) is 0.590. The summed E-state index contributed by atoms with van der Waals surface area (Å²) in [4.78, 5) is 22.2. The molecule has 0 aromatic heterocycles. The van der Waals surface area contributed by atoms with Crippen molar-refractivity contribution < 1.29 is 18.1 Å². The van der Waals surface area contributed by atoms with Gasteiger partial charge in [-0.1, -0.05) is 12.1 Å². The van der Waals surface area contributed by atoms with E-state index in [-0.39, 0.29) is 42.1 Å². The zero-order valence-electron chi connectivity index (χ0n) is 12.5. The molecule has 0 saturated carbocycles. The highest BCUT2D eigenvalue weighted by atomic mass is 32.2. The summed E-state index contributed by atoms with van der Waals surface area (Å²) in [5, 5.41) is 16.4. The van der Waals surface area contributed by atoms with E-state index >= 15 is 0 Å². The van der Waals surface area contributed by atoms with Crippen LogP contribution in [0.5, 0.6) is 0 Å². The number of nitrogens with zero attached hydrogens (tertiary/aromatic N) is 1. The molecule has 1 saturated heterocycles. The minimum atomic E-state index is -3.06. The molecule has 8 nitrogen and oxygen atoms in total. The number of nitro benzene ring substituents is 1. The Hall–Kier alpha value is -2.16. The Morgan fingerprint density at radius 2 is 2.09 bits per heavy atom. The van der Waals surface area contributed by atoms with E-state index in [9.17, 15) is 23.3 Å². The van der Waals surface area contributed by atoms with Gasteiger partial charge in [-0.3, -0.25) is 14.9 Å². The van der Waals surface area contributed by atoms with Gasteiger partial charge in [0.25, 0.3) is 5.69 Å². The number of anilines is 1. The minimum absolute atomic E-state index is 0.0175. The van der Waals surface area contributed by atoms with Gasteiger partial charge in [-0.2, -0.15) is 0 Å². The van der Waals surface area contributed by atoms with Crippen molar-refractivity contribution in [1.29, 1.82) is 0 Å². The molecule has 126 valence electrons. The van der Waals surface area contributed by atoms with Crippen LogP contribution in [0.15, 0.2) is 24.3 Å². The molecule has 0 radical (unpaired) electrons. The molecule has 2 N–H and O–H groups in total. The summed E-state index contributed by atoms with van der Waals surface area (Å²) in [6, 6.07) is 5.85. The van der Waals surface area contributed by atoms with Gasteiger partial charge in [0, 0.05) is 25.1 Å². The second-order valence-corrected chi connectivity index (χ2v) is 7.70. The molecule has 1 amide bonds. The normalized spacial score (nSPS) is 19.7. The van der Waals surface area contributed by atoms with Gasteiger partial charge in [0.1, 0.15) is 5.69 Å². The van der Waals surface area contributed by atoms with Crippen molar-refractivity contribution >= 4 is 27.1 Å². The molecule has 1 aromatic carbocycles. The lowest BCUT2D eigenvalue weighted by atomic mass is 10.2. The zero-order chi connectivity index (χ0) is 16.9. The summed E-state index contributed by atoms with van der Waals surface area (Å²) in [6.45, 7) is 0.232. The first-order valence-corrected chi connectivity index (χ1v) is 9.16. The monoisotopic (exact) mass is 341 g/mol. The van der Waals surface area contributed by atoms with Crippen LogP contribution in [0.25, 0.3) is 0 Å². The van der Waals surface area contributed by atoms with Crippen LogP contribution in [0.3, 0.4) is 0 Å². The van der Waals surface area contributed by atoms with Gasteiger partial charge >= 0.3 is 0 Å². The summed E-state index contributed by atoms with van der Waals surface area (Å²) in [6.07, 6.45) is 1.33. The zero-order valence-corrected chi connectivity index (χ0v) is 13.3. The van der Waals surface area contributed by atoms with Crippen molar-refractivity contribution in [3.8, 4) is 0 Å². The number of carbonyl (C=O) groups excluding carboxylic acids is 1. The van der Waals surface area contributed by atoms with Crippen LogP contribution < -0.4 is 10.6 Å². The summed E-state index contributed by atoms with van der Waals surface area (Å²) >= 11 is 0. The van der Waals surface area contributed by atoms with Gasteiger partial charge in [-0.25, -0.2) is 8.42 Å². The lowest BCUT2D eigenvalue weighted by Crippen LogP contribution is -2.43. The van der Waals surface area contributed by atoms with E-state index in [4.69, 9.17) is 0 Å². The van der Waals surface area contributed by atoms with Crippen LogP contribution >= 0.6 is 0 Å². The first kappa shape index (κ1) is 17.2. The molecule has 2 rings (SSSR count). The van der Waals surface area contributed by atoms with Gasteiger partial charge in [0.2, 0.25) is 5.91 Å². The molecular weight excluding hydrogens is 322 g/mol. The van der Waals surface area contributed by atoms with E-state index in [0.29, 0.717) is 18.5 Å². The van der Waals surface area contributed by atoms with Gasteiger partial charge in [0.15, 0.2) is 9.84 Å². The first-order valence-electron chi connectivity index (χ1n) is 7.34. The van der Waals surface area contributed by atoms with E-state index < -0.39 is 14.8 Å². The molecule has 0 spiro atoms. The highest BCUT2D eigenvalue weighted by Crippen LogP contribution is 2.22. The second kappa shape index (κ2) is 7.40. The Balaban J connectivity index is 1.80. The van der Waals surface area contributed by atoms with Crippen molar-refractivity contribution in [1.82, 2.24) is 5.32 Å². The van der Waals surface area contributed by atoms with E-state index in [2.05, 4.69) is 10.6 Å². The number of hydrogen-bond acceptors (Lipinski definition) is 6. The first-order chi connectivity index (χ1) is 10.9. The Bertz CT molecular complexity index is 689. The third-order valence-corrected chi connectivity index (χ3v) is 5.42. The molecule has 0 bridgehead atoms. The van der Waals surface area contributed by atoms with Crippen LogP contribution in [0.1, 0.15) is 19.3 Å². The number of sulfone groups is 1. The maximum atomic E-state index is 11.9. The Morgan fingerprint density at radius 3 is 2.78 bits per heavy atom. The molecule has 23 heavy (non-hydrogen) atoms. The highest BCUT2D eigenvalue weighted by Gasteiger charge is 2.25. The molecule has 1 aliphatic rings. The van der Waals surface area contributed by atoms with Gasteiger partial charge in [-0.05, 0) is 18.9 Å². The molecule has 1 atom stereocenters. The van der Waals surface area contributed by atoms with Crippen molar-refractivity contribution in [3.05, 3.63) is 34.4 Å². The van der Waals surface area contributed by atoms with E-state index in [1.807, 2.05) is 0 Å². The molecular formula is C14H19N3O5S. The van der Waals surface area contributed by atoms with Crippen LogP contribution in [0.4, 0.5) is 11.4 Å². The highest BCUT2D eigenvalue weighted by molar-refractivity contribution is 7.91. The SMILES string of the molecule is O=C(CCNc1ccccc1[N+](=O)[O-])N[C@H]1CCCS(=O)(=O)C1. The Labute approximate surface area is 134 Å². The summed E-state index contributed by atoms with van der Waals surface area (Å²) in [7, 11) is -3.06. The van der Waals surface area contributed by atoms with Crippen LogP contribution in [-0.2, 0) is 14.6 Å². The second-order valence-electron chi connectivity index (χ2n) is 5.47. The van der Waals surface area contributed by atoms with E-state index in [1.54, 1.807) is 18.2 Å².